The number of amides is 2. The maximum Gasteiger partial charge on any atom is 0.253 e. The van der Waals surface area contributed by atoms with E-state index in [1.54, 1.807) is 29.6 Å². The summed E-state index contributed by atoms with van der Waals surface area (Å²) in [5.74, 6) is -0.185. The van der Waals surface area contributed by atoms with Gasteiger partial charge in [0.1, 0.15) is 5.51 Å². The van der Waals surface area contributed by atoms with Crippen LogP contribution in [0.25, 0.3) is 11.3 Å². The normalized spacial score (nSPS) is 13.6. The summed E-state index contributed by atoms with van der Waals surface area (Å²) in [6.07, 6.45) is 0. The number of benzene rings is 1. The molecule has 4 heterocycles. The first kappa shape index (κ1) is 24.3. The summed E-state index contributed by atoms with van der Waals surface area (Å²) < 4.78 is 6.12. The summed E-state index contributed by atoms with van der Waals surface area (Å²) >= 11 is 1.23. The second-order valence-electron chi connectivity index (χ2n) is 8.59. The number of nitrogens with one attached hydrogen (secondary N) is 1. The molecule has 1 aliphatic heterocycles. The molecule has 1 atom stereocenters. The Balaban J connectivity index is 1.50. The van der Waals surface area contributed by atoms with E-state index in [-0.39, 0.29) is 11.8 Å². The monoisotopic (exact) mass is 512 g/mol. The number of anilines is 1. The number of fused-ring (bicyclic) bond motifs is 2. The van der Waals surface area contributed by atoms with Crippen molar-refractivity contribution < 1.29 is 14.3 Å². The Morgan fingerprint density at radius 3 is 2.43 bits per heavy atom. The number of ether oxygens (including phenoxy) is 1. The van der Waals surface area contributed by atoms with Crippen molar-refractivity contribution in [2.45, 2.75) is 19.8 Å². The molecule has 1 unspecified atom stereocenters. The number of carbonyl (C=O) groups excluding carboxylic acids is 2. The van der Waals surface area contributed by atoms with Gasteiger partial charge in [-0.1, -0.05) is 42.2 Å². The lowest BCUT2D eigenvalue weighted by molar-refractivity contribution is -0.113. The van der Waals surface area contributed by atoms with Crippen molar-refractivity contribution in [1.29, 1.82) is 0 Å². The number of aryl methyl sites for hydroxylation is 1. The zero-order valence-corrected chi connectivity index (χ0v) is 21.4. The van der Waals surface area contributed by atoms with Crippen molar-refractivity contribution in [2.24, 2.45) is 0 Å². The van der Waals surface area contributed by atoms with Crippen LogP contribution in [-0.4, -0.2) is 50.5 Å². The number of pyridine rings is 2. The Kier molecular flexibility index (Phi) is 6.49. The number of hydrogen-bond donors (Lipinski definition) is 1. The van der Waals surface area contributed by atoms with Gasteiger partial charge in [-0.15, -0.1) is 10.2 Å². The number of hydrogen-bond acceptors (Lipinski definition) is 8. The van der Waals surface area contributed by atoms with E-state index in [0.717, 1.165) is 16.8 Å². The van der Waals surface area contributed by atoms with Gasteiger partial charge < -0.3 is 9.64 Å². The second kappa shape index (κ2) is 9.90. The first-order valence-corrected chi connectivity index (χ1v) is 12.5. The van der Waals surface area contributed by atoms with Crippen LogP contribution in [0.5, 0.6) is 11.8 Å². The van der Waals surface area contributed by atoms with Crippen LogP contribution in [0.3, 0.4) is 0 Å². The summed E-state index contributed by atoms with van der Waals surface area (Å²) in [4.78, 5) is 36.5. The Morgan fingerprint density at radius 1 is 1.05 bits per heavy atom. The van der Waals surface area contributed by atoms with Gasteiger partial charge in [-0.05, 0) is 38.1 Å². The summed E-state index contributed by atoms with van der Waals surface area (Å²) in [5.41, 5.74) is 6.16. The van der Waals surface area contributed by atoms with Gasteiger partial charge in [0.05, 0.1) is 5.69 Å². The van der Waals surface area contributed by atoms with Crippen molar-refractivity contribution in [3.05, 3.63) is 88.6 Å². The minimum Gasteiger partial charge on any atom is -0.420 e. The van der Waals surface area contributed by atoms with Gasteiger partial charge in [0.2, 0.25) is 16.9 Å². The molecule has 37 heavy (non-hydrogen) atoms. The molecule has 0 saturated carbocycles. The van der Waals surface area contributed by atoms with E-state index in [2.05, 4.69) is 27.1 Å². The van der Waals surface area contributed by atoms with Gasteiger partial charge in [0.25, 0.3) is 11.8 Å². The Labute approximate surface area is 217 Å². The quantitative estimate of drug-likeness (QED) is 0.369. The Hall–Kier alpha value is -4.44. The van der Waals surface area contributed by atoms with Crippen molar-refractivity contribution >= 4 is 28.3 Å². The van der Waals surface area contributed by atoms with Crippen molar-refractivity contribution in [3.8, 4) is 23.0 Å². The fraction of sp³-hybridized carbons (Fsp3) is 0.185. The average molecular weight is 513 g/mol. The predicted octanol–water partition coefficient (Wildman–Crippen LogP) is 4.83. The molecule has 0 radical (unpaired) electrons. The minimum absolute atomic E-state index is 0.0398. The van der Waals surface area contributed by atoms with Crippen LogP contribution in [0.4, 0.5) is 5.13 Å². The molecular weight excluding hydrogens is 488 g/mol. The molecule has 1 aliphatic rings. The number of nitrogens with zero attached hydrogens (tertiary/aromatic N) is 5. The van der Waals surface area contributed by atoms with Crippen LogP contribution in [0.1, 0.15) is 40.0 Å². The lowest BCUT2D eigenvalue weighted by Gasteiger charge is -2.28. The maximum atomic E-state index is 13.1. The molecule has 0 saturated heterocycles. The number of rotatable bonds is 6. The summed E-state index contributed by atoms with van der Waals surface area (Å²) in [6, 6.07) is 14.8. The topological polar surface area (TPSA) is 110 Å². The lowest BCUT2D eigenvalue weighted by atomic mass is 9.84. The van der Waals surface area contributed by atoms with Crippen molar-refractivity contribution in [1.82, 2.24) is 25.1 Å². The largest absolute Gasteiger partial charge is 0.420 e. The minimum atomic E-state index is -0.508. The predicted molar refractivity (Wildman–Crippen MR) is 141 cm³/mol. The first-order chi connectivity index (χ1) is 17.9. The van der Waals surface area contributed by atoms with E-state index in [4.69, 9.17) is 9.72 Å². The molecule has 0 fully saturated rings. The summed E-state index contributed by atoms with van der Waals surface area (Å²) in [6.45, 7) is 8.53. The summed E-state index contributed by atoms with van der Waals surface area (Å²) in [5, 5.41) is 10.8. The molecule has 2 amide bonds. The van der Waals surface area contributed by atoms with Gasteiger partial charge in [-0.2, -0.15) is 0 Å². The molecule has 3 aromatic heterocycles. The van der Waals surface area contributed by atoms with E-state index >= 15 is 0 Å². The number of aromatic nitrogens is 4. The molecule has 0 bridgehead atoms. The molecule has 4 aromatic rings. The highest BCUT2D eigenvalue weighted by Crippen LogP contribution is 2.46. The molecule has 5 rings (SSSR count). The first-order valence-electron chi connectivity index (χ1n) is 11.6. The third-order valence-electron chi connectivity index (χ3n) is 6.20. The second-order valence-corrected chi connectivity index (χ2v) is 9.43. The van der Waals surface area contributed by atoms with E-state index in [0.29, 0.717) is 45.8 Å². The van der Waals surface area contributed by atoms with Crippen LogP contribution in [0.2, 0.25) is 0 Å². The average Bonchev–Trinajstić information content (AvgIpc) is 3.43. The van der Waals surface area contributed by atoms with Gasteiger partial charge >= 0.3 is 0 Å². The fourth-order valence-electron chi connectivity index (χ4n) is 4.08. The smallest absolute Gasteiger partial charge is 0.253 e. The fourth-order valence-corrected chi connectivity index (χ4v) is 4.52. The van der Waals surface area contributed by atoms with E-state index in [1.807, 2.05) is 50.2 Å². The molecule has 0 aliphatic carbocycles. The van der Waals surface area contributed by atoms with Crippen LogP contribution < -0.4 is 10.1 Å². The van der Waals surface area contributed by atoms with Crippen LogP contribution >= 0.6 is 11.3 Å². The maximum absolute atomic E-state index is 13.1. The van der Waals surface area contributed by atoms with Gasteiger partial charge in [-0.3, -0.25) is 14.9 Å². The van der Waals surface area contributed by atoms with Crippen LogP contribution in [0.15, 0.2) is 66.2 Å². The van der Waals surface area contributed by atoms with Crippen LogP contribution in [-0.2, 0) is 4.79 Å². The van der Waals surface area contributed by atoms with Crippen molar-refractivity contribution in [2.75, 3.05) is 18.9 Å². The highest BCUT2D eigenvalue weighted by atomic mass is 32.1. The van der Waals surface area contributed by atoms with E-state index in [9.17, 15) is 9.59 Å². The summed E-state index contributed by atoms with van der Waals surface area (Å²) in [7, 11) is 1.77. The van der Waals surface area contributed by atoms with E-state index < -0.39 is 5.92 Å². The third kappa shape index (κ3) is 4.70. The van der Waals surface area contributed by atoms with Gasteiger partial charge in [0, 0.05) is 53.0 Å². The Morgan fingerprint density at radius 2 is 1.76 bits per heavy atom. The Bertz CT molecular complexity index is 1500. The van der Waals surface area contributed by atoms with Gasteiger partial charge in [-0.25, -0.2) is 9.97 Å². The molecular formula is C27H24N6O3S. The molecule has 9 nitrogen and oxygen atoms in total. The zero-order valence-electron chi connectivity index (χ0n) is 20.6. The zero-order chi connectivity index (χ0) is 26.1. The molecule has 1 N–H and O–H groups in total. The molecule has 1 aromatic carbocycles. The SMILES string of the molecule is C=C(C(=O)Nc1nncs1)C1c2ccc(C)nc2Oc2nc(-c3ccc(C(=O)N(C)CC)cc3)ccc21. The molecule has 0 spiro atoms. The van der Waals surface area contributed by atoms with Crippen molar-refractivity contribution in [3.63, 3.8) is 0 Å². The standard InChI is InChI=1S/C27H24N6O3S/c1-5-33(4)26(35)18-9-7-17(8-10-18)21-13-12-20-22(16(3)23(34)31-27-32-28-14-37-27)19-11-6-15(2)29-24(19)36-25(20)30-21/h6-14,22H,3,5H2,1-2,4H3,(H,31,32,34). The lowest BCUT2D eigenvalue weighted by Crippen LogP contribution is -2.26. The van der Waals surface area contributed by atoms with Gasteiger partial charge in [0.15, 0.2) is 0 Å². The van der Waals surface area contributed by atoms with E-state index in [1.165, 1.54) is 11.3 Å². The number of carbonyl (C=O) groups is 2. The van der Waals surface area contributed by atoms with Crippen LogP contribution in [0, 0.1) is 6.92 Å². The highest BCUT2D eigenvalue weighted by molar-refractivity contribution is 7.13. The molecule has 186 valence electrons. The molecule has 10 heteroatoms. The third-order valence-corrected chi connectivity index (χ3v) is 6.81. The highest BCUT2D eigenvalue weighted by Gasteiger charge is 2.34.